The lowest BCUT2D eigenvalue weighted by molar-refractivity contribution is 0.334. The molecule has 5 aromatic carbocycles. The van der Waals surface area contributed by atoms with Crippen molar-refractivity contribution in [3.63, 3.8) is 0 Å². The van der Waals surface area contributed by atoms with Crippen LogP contribution in [0.3, 0.4) is 0 Å². The maximum Gasteiger partial charge on any atom is 0.134 e. The molecule has 2 aromatic heterocycles. The Morgan fingerprint density at radius 1 is 0.826 bits per heavy atom. The van der Waals surface area contributed by atoms with E-state index in [0.717, 1.165) is 46.8 Å². The number of aliphatic imine (C=N–C) groups is 1. The van der Waals surface area contributed by atoms with E-state index in [2.05, 4.69) is 122 Å². The van der Waals surface area contributed by atoms with Crippen LogP contribution in [0.5, 0.6) is 0 Å². The summed E-state index contributed by atoms with van der Waals surface area (Å²) in [5.41, 5.74) is 7.62. The summed E-state index contributed by atoms with van der Waals surface area (Å²) in [5.74, 6) is 0.843. The third-order valence-corrected chi connectivity index (χ3v) is 9.83. The first-order chi connectivity index (χ1) is 22.6. The van der Waals surface area contributed by atoms with Crippen LogP contribution in [-0.4, -0.2) is 10.3 Å². The van der Waals surface area contributed by atoms with Crippen LogP contribution in [0.15, 0.2) is 132 Å². The van der Waals surface area contributed by atoms with Gasteiger partial charge in [0.25, 0.3) is 0 Å². The molecular formula is C42H38N2OS. The molecule has 0 atom stereocenters. The predicted molar refractivity (Wildman–Crippen MR) is 201 cm³/mol. The molecule has 46 heavy (non-hydrogen) atoms. The number of aromatic nitrogens is 1. The first-order valence-corrected chi connectivity index (χ1v) is 17.1. The van der Waals surface area contributed by atoms with Crippen molar-refractivity contribution in [3.8, 4) is 5.69 Å². The van der Waals surface area contributed by atoms with Crippen molar-refractivity contribution in [3.05, 3.63) is 133 Å². The lowest BCUT2D eigenvalue weighted by Crippen LogP contribution is -2.01. The fraction of sp³-hybridized carbons (Fsp3) is 0.167. The highest BCUT2D eigenvalue weighted by Crippen LogP contribution is 2.47. The summed E-state index contributed by atoms with van der Waals surface area (Å²) in [7, 11) is 0. The van der Waals surface area contributed by atoms with E-state index < -0.39 is 0 Å². The molecule has 7 aromatic rings. The van der Waals surface area contributed by atoms with Gasteiger partial charge in [0.15, 0.2) is 0 Å². The Morgan fingerprint density at radius 2 is 1.50 bits per heavy atom. The minimum absolute atomic E-state index is 0.653. The number of ether oxygens (including phenoxy) is 1. The lowest BCUT2D eigenvalue weighted by atomic mass is 10.00. The zero-order valence-electron chi connectivity index (χ0n) is 26.9. The number of allylic oxidation sites excluding steroid dienone is 2. The van der Waals surface area contributed by atoms with Gasteiger partial charge in [0, 0.05) is 65.1 Å². The van der Waals surface area contributed by atoms with E-state index in [1.54, 1.807) is 6.26 Å². The Labute approximate surface area is 274 Å². The van der Waals surface area contributed by atoms with Crippen molar-refractivity contribution in [1.29, 1.82) is 0 Å². The number of hydrogen-bond acceptors (Lipinski definition) is 3. The minimum Gasteiger partial charge on any atom is -0.467 e. The second-order valence-corrected chi connectivity index (χ2v) is 12.6. The average Bonchev–Trinajstić information content (AvgIpc) is 3.65. The molecule has 0 unspecified atom stereocenters. The second kappa shape index (κ2) is 12.5. The highest BCUT2D eigenvalue weighted by molar-refractivity contribution is 7.27. The van der Waals surface area contributed by atoms with Crippen molar-refractivity contribution in [2.24, 2.45) is 4.99 Å². The monoisotopic (exact) mass is 618 g/mol. The van der Waals surface area contributed by atoms with Crippen LogP contribution in [0.25, 0.3) is 64.1 Å². The predicted octanol–water partition coefficient (Wildman–Crippen LogP) is 12.8. The molecule has 3 nitrogen and oxygen atoms in total. The average molecular weight is 619 g/mol. The van der Waals surface area contributed by atoms with Crippen molar-refractivity contribution >= 4 is 75.5 Å². The topological polar surface area (TPSA) is 26.5 Å². The van der Waals surface area contributed by atoms with Crippen molar-refractivity contribution in [2.45, 2.75) is 47.0 Å². The highest BCUT2D eigenvalue weighted by Gasteiger charge is 2.22. The Balaban J connectivity index is 0.00000166. The summed E-state index contributed by atoms with van der Waals surface area (Å²) in [6.45, 7) is 12.5. The van der Waals surface area contributed by atoms with Crippen LogP contribution in [-0.2, 0) is 4.74 Å². The number of hydrogen-bond donors (Lipinski definition) is 0. The number of rotatable bonds is 5. The van der Waals surface area contributed by atoms with E-state index in [1.807, 2.05) is 31.3 Å². The van der Waals surface area contributed by atoms with E-state index in [9.17, 15) is 0 Å². The van der Waals surface area contributed by atoms with Crippen molar-refractivity contribution < 1.29 is 4.74 Å². The van der Waals surface area contributed by atoms with E-state index in [1.165, 1.54) is 52.8 Å². The summed E-state index contributed by atoms with van der Waals surface area (Å²) in [6.07, 6.45) is 6.30. The molecule has 0 N–H and O–H groups in total. The fourth-order valence-electron chi connectivity index (χ4n) is 6.71. The van der Waals surface area contributed by atoms with E-state index >= 15 is 0 Å². The van der Waals surface area contributed by atoms with Gasteiger partial charge in [-0.1, -0.05) is 107 Å². The smallest absolute Gasteiger partial charge is 0.134 e. The molecule has 0 saturated heterocycles. The zero-order chi connectivity index (χ0) is 31.8. The van der Waals surface area contributed by atoms with Gasteiger partial charge < -0.3 is 9.30 Å². The number of benzene rings is 5. The van der Waals surface area contributed by atoms with Gasteiger partial charge in [-0.3, -0.25) is 4.99 Å². The van der Waals surface area contributed by atoms with Crippen LogP contribution in [0.1, 0.15) is 52.5 Å². The lowest BCUT2D eigenvalue weighted by Gasteiger charge is -2.17. The molecule has 3 heterocycles. The van der Waals surface area contributed by atoms with Gasteiger partial charge in [-0.05, 0) is 49.3 Å². The summed E-state index contributed by atoms with van der Waals surface area (Å²) < 4.78 is 11.1. The number of para-hydroxylation sites is 1. The van der Waals surface area contributed by atoms with E-state index in [-0.39, 0.29) is 0 Å². The molecule has 1 aliphatic heterocycles. The maximum atomic E-state index is 6.01. The zero-order valence-corrected chi connectivity index (χ0v) is 27.7. The third-order valence-electron chi connectivity index (χ3n) is 8.63. The maximum absolute atomic E-state index is 6.01. The normalized spacial score (nSPS) is 14.7. The van der Waals surface area contributed by atoms with Crippen molar-refractivity contribution in [1.82, 2.24) is 4.57 Å². The van der Waals surface area contributed by atoms with Crippen LogP contribution >= 0.6 is 11.3 Å². The molecule has 228 valence electrons. The first-order valence-electron chi connectivity index (χ1n) is 16.3. The first kappa shape index (κ1) is 29.8. The van der Waals surface area contributed by atoms with Gasteiger partial charge >= 0.3 is 0 Å². The Hall–Kier alpha value is -4.93. The standard InChI is InChI=1S/C40H32N2OS.C2H6/c1-4-11-26(3)41-38(34-24-25(2)22-23-43-34)27-18-20-28(21-19-27)42-33-16-9-7-14-31(33)36-37-32-15-8-10-17-35(32)44-40(37)30-13-6-5-12-29(30)39(36)42;1-2/h5-10,12-23H,2,4,11,24H2,1,3H3;1-2H3/b38-34+,41-26?;. The van der Waals surface area contributed by atoms with Gasteiger partial charge in [-0.15, -0.1) is 11.3 Å². The molecule has 0 amide bonds. The van der Waals surface area contributed by atoms with Gasteiger partial charge in [-0.25, -0.2) is 0 Å². The SMILES string of the molecule is C=C1C=CO/C(=C(/N=C(C)CCC)c2ccc(-n3c4ccccc4c4c5c6ccccc6sc5c5ccccc5c43)cc2)C1.CC. The van der Waals surface area contributed by atoms with E-state index in [0.29, 0.717) is 6.42 Å². The molecule has 0 aliphatic carbocycles. The largest absolute Gasteiger partial charge is 0.467 e. The molecule has 0 fully saturated rings. The summed E-state index contributed by atoms with van der Waals surface area (Å²) >= 11 is 1.90. The summed E-state index contributed by atoms with van der Waals surface area (Å²) in [6, 6.07) is 35.4. The number of nitrogens with zero attached hydrogens (tertiary/aromatic N) is 2. The van der Waals surface area contributed by atoms with Crippen LogP contribution in [0, 0.1) is 0 Å². The highest BCUT2D eigenvalue weighted by atomic mass is 32.1. The van der Waals surface area contributed by atoms with Gasteiger partial charge in [-0.2, -0.15) is 0 Å². The fourth-order valence-corrected chi connectivity index (χ4v) is 7.96. The third kappa shape index (κ3) is 4.94. The Bertz CT molecular complexity index is 2360. The molecule has 0 saturated carbocycles. The van der Waals surface area contributed by atoms with Crippen LogP contribution in [0.2, 0.25) is 0 Å². The molecule has 0 spiro atoms. The van der Waals surface area contributed by atoms with Crippen molar-refractivity contribution in [2.75, 3.05) is 0 Å². The van der Waals surface area contributed by atoms with Crippen LogP contribution < -0.4 is 0 Å². The summed E-state index contributed by atoms with van der Waals surface area (Å²) in [5, 5.41) is 7.83. The van der Waals surface area contributed by atoms with E-state index in [4.69, 9.17) is 9.73 Å². The van der Waals surface area contributed by atoms with Gasteiger partial charge in [0.05, 0.1) is 17.3 Å². The molecule has 4 heteroatoms. The molecular weight excluding hydrogens is 581 g/mol. The Morgan fingerprint density at radius 3 is 2.24 bits per heavy atom. The molecule has 8 rings (SSSR count). The van der Waals surface area contributed by atoms with Gasteiger partial charge in [0.2, 0.25) is 0 Å². The second-order valence-electron chi connectivity index (χ2n) is 11.6. The molecule has 0 bridgehead atoms. The number of thiophene rings is 1. The molecule has 0 radical (unpaired) electrons. The Kier molecular flexibility index (Phi) is 8.06. The number of fused-ring (bicyclic) bond motifs is 10. The van der Waals surface area contributed by atoms with Crippen LogP contribution in [0.4, 0.5) is 0 Å². The molecule has 1 aliphatic rings. The van der Waals surface area contributed by atoms with Gasteiger partial charge in [0.1, 0.15) is 11.5 Å². The quantitative estimate of drug-likeness (QED) is 0.176. The summed E-state index contributed by atoms with van der Waals surface area (Å²) in [4.78, 5) is 5.08. The minimum atomic E-state index is 0.653.